The number of hydrogen-bond donors (Lipinski definition) is 2. The van der Waals surface area contributed by atoms with E-state index in [9.17, 15) is 0 Å². The predicted molar refractivity (Wildman–Crippen MR) is 86.7 cm³/mol. The highest BCUT2D eigenvalue weighted by molar-refractivity contribution is 5.65. The average Bonchev–Trinajstić information content (AvgIpc) is 2.52. The van der Waals surface area contributed by atoms with Crippen LogP contribution >= 0.6 is 0 Å². The first-order valence-electron chi connectivity index (χ1n) is 7.18. The van der Waals surface area contributed by atoms with E-state index in [1.165, 1.54) is 0 Å². The minimum Gasteiger partial charge on any atom is -0.491 e. The van der Waals surface area contributed by atoms with E-state index in [2.05, 4.69) is 5.92 Å². The van der Waals surface area contributed by atoms with Gasteiger partial charge in [-0.25, -0.2) is 0 Å². The van der Waals surface area contributed by atoms with Gasteiger partial charge in [-0.3, -0.25) is 0 Å². The first-order valence-corrected chi connectivity index (χ1v) is 7.18. The van der Waals surface area contributed by atoms with Gasteiger partial charge in [-0.1, -0.05) is 0 Å². The van der Waals surface area contributed by atoms with E-state index in [0.29, 0.717) is 69.8 Å². The van der Waals surface area contributed by atoms with Gasteiger partial charge in [-0.15, -0.1) is 12.3 Å². The molecule has 1 aromatic rings. The molecule has 0 aromatic heterocycles. The van der Waals surface area contributed by atoms with Gasteiger partial charge < -0.3 is 30.4 Å². The molecule has 1 rings (SSSR count). The first-order chi connectivity index (χ1) is 10.7. The Labute approximate surface area is 131 Å². The Morgan fingerprint density at radius 3 is 2.00 bits per heavy atom. The molecule has 0 aliphatic heterocycles. The summed E-state index contributed by atoms with van der Waals surface area (Å²) < 4.78 is 21.4. The molecule has 1 aromatic carbocycles. The Morgan fingerprint density at radius 1 is 0.818 bits per heavy atom. The highest BCUT2D eigenvalue weighted by atomic mass is 16.6. The van der Waals surface area contributed by atoms with Crippen LogP contribution in [0.15, 0.2) is 18.2 Å². The van der Waals surface area contributed by atoms with Gasteiger partial charge >= 0.3 is 0 Å². The molecule has 122 valence electrons. The van der Waals surface area contributed by atoms with Crippen LogP contribution in [0.4, 0.5) is 11.4 Å². The second-order valence-electron chi connectivity index (χ2n) is 4.43. The van der Waals surface area contributed by atoms with Gasteiger partial charge in [-0.2, -0.15) is 0 Å². The topological polar surface area (TPSA) is 89.0 Å². The van der Waals surface area contributed by atoms with Gasteiger partial charge in [0.2, 0.25) is 0 Å². The zero-order chi connectivity index (χ0) is 16.0. The van der Waals surface area contributed by atoms with Gasteiger partial charge in [0.05, 0.1) is 51.0 Å². The molecule has 6 nitrogen and oxygen atoms in total. The molecule has 0 atom stereocenters. The minimum atomic E-state index is 0.443. The maximum Gasteiger partial charge on any atom is 0.121 e. The fourth-order valence-corrected chi connectivity index (χ4v) is 1.53. The molecule has 0 heterocycles. The second-order valence-corrected chi connectivity index (χ2v) is 4.43. The van der Waals surface area contributed by atoms with E-state index in [1.54, 1.807) is 18.2 Å². The van der Waals surface area contributed by atoms with Crippen LogP contribution in [0.2, 0.25) is 0 Å². The van der Waals surface area contributed by atoms with Crippen LogP contribution in [0.3, 0.4) is 0 Å². The van der Waals surface area contributed by atoms with Crippen LogP contribution in [0, 0.1) is 12.3 Å². The molecule has 0 saturated heterocycles. The monoisotopic (exact) mass is 308 g/mol. The quantitative estimate of drug-likeness (QED) is 0.344. The molecule has 0 aliphatic rings. The van der Waals surface area contributed by atoms with Crippen molar-refractivity contribution in [2.45, 2.75) is 6.42 Å². The zero-order valence-electron chi connectivity index (χ0n) is 12.8. The molecule has 0 radical (unpaired) electrons. The molecule has 4 N–H and O–H groups in total. The largest absolute Gasteiger partial charge is 0.491 e. The van der Waals surface area contributed by atoms with Crippen molar-refractivity contribution in [3.8, 4) is 18.1 Å². The summed E-state index contributed by atoms with van der Waals surface area (Å²) in [5.41, 5.74) is 12.4. The molecule has 0 spiro atoms. The van der Waals surface area contributed by atoms with Crippen molar-refractivity contribution in [3.05, 3.63) is 18.2 Å². The van der Waals surface area contributed by atoms with Gasteiger partial charge in [0.25, 0.3) is 0 Å². The van der Waals surface area contributed by atoms with E-state index in [0.717, 1.165) is 0 Å². The highest BCUT2D eigenvalue weighted by Gasteiger charge is 1.98. The smallest absolute Gasteiger partial charge is 0.121 e. The Kier molecular flexibility index (Phi) is 9.62. The number of nitrogens with two attached hydrogens (primary N) is 2. The fourth-order valence-electron chi connectivity index (χ4n) is 1.53. The number of hydrogen-bond acceptors (Lipinski definition) is 6. The molecule has 0 bridgehead atoms. The van der Waals surface area contributed by atoms with Crippen molar-refractivity contribution >= 4 is 11.4 Å². The molecule has 0 fully saturated rings. The summed E-state index contributed by atoms with van der Waals surface area (Å²) in [5.74, 6) is 3.18. The van der Waals surface area contributed by atoms with Gasteiger partial charge in [0.15, 0.2) is 0 Å². The van der Waals surface area contributed by atoms with Crippen LogP contribution in [0.25, 0.3) is 0 Å². The van der Waals surface area contributed by atoms with Crippen molar-refractivity contribution in [2.24, 2.45) is 0 Å². The zero-order valence-corrected chi connectivity index (χ0v) is 12.8. The molecular weight excluding hydrogens is 284 g/mol. The summed E-state index contributed by atoms with van der Waals surface area (Å²) in [5, 5.41) is 0. The SMILES string of the molecule is C#CCCOCCOCCOCCOc1ccc(N)c(N)c1. The number of ether oxygens (including phenoxy) is 4. The first kappa shape index (κ1) is 18.1. The summed E-state index contributed by atoms with van der Waals surface area (Å²) in [6.45, 7) is 3.61. The molecule has 0 unspecified atom stereocenters. The summed E-state index contributed by atoms with van der Waals surface area (Å²) in [7, 11) is 0. The maximum absolute atomic E-state index is 5.68. The Bertz CT molecular complexity index is 460. The van der Waals surface area contributed by atoms with Crippen LogP contribution in [0.5, 0.6) is 5.75 Å². The third-order valence-corrected chi connectivity index (χ3v) is 2.69. The Morgan fingerprint density at radius 2 is 1.41 bits per heavy atom. The van der Waals surface area contributed by atoms with Crippen LogP contribution < -0.4 is 16.2 Å². The highest BCUT2D eigenvalue weighted by Crippen LogP contribution is 2.21. The third-order valence-electron chi connectivity index (χ3n) is 2.69. The fraction of sp³-hybridized carbons (Fsp3) is 0.500. The lowest BCUT2D eigenvalue weighted by Gasteiger charge is -2.09. The normalized spacial score (nSPS) is 10.3. The third kappa shape index (κ3) is 8.37. The summed E-state index contributed by atoms with van der Waals surface area (Å²) in [4.78, 5) is 0. The summed E-state index contributed by atoms with van der Waals surface area (Å²) in [6, 6.07) is 5.18. The van der Waals surface area contributed by atoms with Crippen molar-refractivity contribution in [2.75, 3.05) is 57.7 Å². The maximum atomic E-state index is 5.68. The van der Waals surface area contributed by atoms with Crippen molar-refractivity contribution < 1.29 is 18.9 Å². The minimum absolute atomic E-state index is 0.443. The summed E-state index contributed by atoms with van der Waals surface area (Å²) in [6.07, 6.45) is 5.73. The van der Waals surface area contributed by atoms with Crippen LogP contribution in [-0.2, 0) is 14.2 Å². The lowest BCUT2D eigenvalue weighted by atomic mass is 10.2. The second kappa shape index (κ2) is 11.7. The number of nitrogen functional groups attached to an aromatic ring is 2. The lowest BCUT2D eigenvalue weighted by Crippen LogP contribution is -2.13. The van der Waals surface area contributed by atoms with Gasteiger partial charge in [-0.05, 0) is 12.1 Å². The van der Waals surface area contributed by atoms with E-state index in [-0.39, 0.29) is 0 Å². The number of benzene rings is 1. The average molecular weight is 308 g/mol. The van der Waals surface area contributed by atoms with Gasteiger partial charge in [0, 0.05) is 12.5 Å². The van der Waals surface area contributed by atoms with E-state index < -0.39 is 0 Å². The predicted octanol–water partition coefficient (Wildman–Crippen LogP) is 1.30. The standard InChI is InChI=1S/C16H24N2O4/c1-2-3-6-19-7-8-20-9-10-21-11-12-22-14-4-5-15(17)16(18)13-14/h1,4-5,13H,3,6-12,17-18H2. The lowest BCUT2D eigenvalue weighted by molar-refractivity contribution is 0.0102. The van der Waals surface area contributed by atoms with E-state index >= 15 is 0 Å². The molecule has 0 aliphatic carbocycles. The van der Waals surface area contributed by atoms with Crippen LogP contribution in [-0.4, -0.2) is 46.2 Å². The van der Waals surface area contributed by atoms with E-state index in [4.69, 9.17) is 36.8 Å². The molecule has 0 saturated carbocycles. The number of terminal acetylenes is 1. The molecular formula is C16H24N2O4. The summed E-state index contributed by atoms with van der Waals surface area (Å²) >= 11 is 0. The Hall–Kier alpha value is -1.94. The molecule has 22 heavy (non-hydrogen) atoms. The van der Waals surface area contributed by atoms with E-state index in [1.807, 2.05) is 0 Å². The van der Waals surface area contributed by atoms with Crippen molar-refractivity contribution in [1.82, 2.24) is 0 Å². The number of rotatable bonds is 12. The van der Waals surface area contributed by atoms with Crippen molar-refractivity contribution in [1.29, 1.82) is 0 Å². The molecule has 0 amide bonds. The number of anilines is 2. The van der Waals surface area contributed by atoms with Crippen LogP contribution in [0.1, 0.15) is 6.42 Å². The van der Waals surface area contributed by atoms with Crippen molar-refractivity contribution in [3.63, 3.8) is 0 Å². The molecule has 6 heteroatoms. The van der Waals surface area contributed by atoms with Gasteiger partial charge in [0.1, 0.15) is 12.4 Å². The Balaban J connectivity index is 1.89.